The first-order valence-corrected chi connectivity index (χ1v) is 5.57. The molecule has 86 valence electrons. The van der Waals surface area contributed by atoms with Gasteiger partial charge in [0.15, 0.2) is 0 Å². The molecule has 3 N–H and O–H groups in total. The SMILES string of the molecule is Cc1ccc([C@@H](N)CCCO)c(Br)c1.Cl. The Morgan fingerprint density at radius 3 is 2.67 bits per heavy atom. The molecule has 0 fully saturated rings. The van der Waals surface area contributed by atoms with E-state index in [2.05, 4.69) is 28.1 Å². The van der Waals surface area contributed by atoms with E-state index in [1.54, 1.807) is 0 Å². The van der Waals surface area contributed by atoms with Gasteiger partial charge in [-0.25, -0.2) is 0 Å². The smallest absolute Gasteiger partial charge is 0.0431 e. The summed E-state index contributed by atoms with van der Waals surface area (Å²) in [7, 11) is 0. The van der Waals surface area contributed by atoms with Gasteiger partial charge in [-0.15, -0.1) is 12.4 Å². The van der Waals surface area contributed by atoms with Crippen LogP contribution in [0, 0.1) is 6.92 Å². The van der Waals surface area contributed by atoms with E-state index < -0.39 is 0 Å². The fourth-order valence-electron chi connectivity index (χ4n) is 1.40. The van der Waals surface area contributed by atoms with E-state index in [1.807, 2.05) is 13.0 Å². The molecule has 0 spiro atoms. The van der Waals surface area contributed by atoms with Crippen LogP contribution in [0.15, 0.2) is 22.7 Å². The number of aliphatic hydroxyl groups is 1. The summed E-state index contributed by atoms with van der Waals surface area (Å²) in [6.07, 6.45) is 1.57. The lowest BCUT2D eigenvalue weighted by atomic mass is 10.0. The second-order valence-corrected chi connectivity index (χ2v) is 4.35. The number of benzene rings is 1. The summed E-state index contributed by atoms with van der Waals surface area (Å²) < 4.78 is 1.06. The molecule has 0 aliphatic carbocycles. The van der Waals surface area contributed by atoms with Crippen molar-refractivity contribution in [3.8, 4) is 0 Å². The van der Waals surface area contributed by atoms with Gasteiger partial charge in [-0.3, -0.25) is 0 Å². The highest BCUT2D eigenvalue weighted by Gasteiger charge is 2.08. The van der Waals surface area contributed by atoms with Gasteiger partial charge in [0.05, 0.1) is 0 Å². The minimum absolute atomic E-state index is 0. The standard InChI is InChI=1S/C11H16BrNO.ClH/c1-8-4-5-9(10(12)7-8)11(13)3-2-6-14;/h4-5,7,11,14H,2-3,6,13H2,1H3;1H/t11-;/m0./s1. The number of halogens is 2. The molecule has 0 saturated heterocycles. The lowest BCUT2D eigenvalue weighted by Gasteiger charge is -2.13. The summed E-state index contributed by atoms with van der Waals surface area (Å²) in [5, 5.41) is 8.71. The topological polar surface area (TPSA) is 46.2 Å². The molecule has 0 aliphatic rings. The maximum absolute atomic E-state index is 8.71. The Morgan fingerprint density at radius 1 is 1.47 bits per heavy atom. The summed E-state index contributed by atoms with van der Waals surface area (Å²) in [6.45, 7) is 2.25. The molecule has 0 saturated carbocycles. The van der Waals surface area contributed by atoms with E-state index in [4.69, 9.17) is 10.8 Å². The van der Waals surface area contributed by atoms with E-state index in [0.717, 1.165) is 22.9 Å². The van der Waals surface area contributed by atoms with Crippen LogP contribution in [0.4, 0.5) is 0 Å². The molecule has 1 atom stereocenters. The zero-order valence-electron chi connectivity index (χ0n) is 8.74. The molecule has 0 amide bonds. The zero-order chi connectivity index (χ0) is 10.6. The van der Waals surface area contributed by atoms with Gasteiger partial charge in [0.1, 0.15) is 0 Å². The maximum Gasteiger partial charge on any atom is 0.0431 e. The lowest BCUT2D eigenvalue weighted by Crippen LogP contribution is -2.11. The Bertz CT molecular complexity index is 307. The van der Waals surface area contributed by atoms with Crippen LogP contribution in [-0.4, -0.2) is 11.7 Å². The van der Waals surface area contributed by atoms with Crippen molar-refractivity contribution in [2.75, 3.05) is 6.61 Å². The molecule has 1 aromatic rings. The largest absolute Gasteiger partial charge is 0.396 e. The van der Waals surface area contributed by atoms with E-state index >= 15 is 0 Å². The highest BCUT2D eigenvalue weighted by atomic mass is 79.9. The molecule has 0 bridgehead atoms. The molecule has 1 aromatic carbocycles. The van der Waals surface area contributed by atoms with Crippen molar-refractivity contribution < 1.29 is 5.11 Å². The average Bonchev–Trinajstić information content (AvgIpc) is 2.14. The van der Waals surface area contributed by atoms with Crippen molar-refractivity contribution >= 4 is 28.3 Å². The van der Waals surface area contributed by atoms with Crippen molar-refractivity contribution in [1.29, 1.82) is 0 Å². The Morgan fingerprint density at radius 2 is 2.13 bits per heavy atom. The van der Waals surface area contributed by atoms with Crippen molar-refractivity contribution in [1.82, 2.24) is 0 Å². The number of hydrogen-bond donors (Lipinski definition) is 2. The summed E-state index contributed by atoms with van der Waals surface area (Å²) in [5.74, 6) is 0. The van der Waals surface area contributed by atoms with Crippen molar-refractivity contribution in [2.45, 2.75) is 25.8 Å². The van der Waals surface area contributed by atoms with E-state index in [9.17, 15) is 0 Å². The molecule has 4 heteroatoms. The lowest BCUT2D eigenvalue weighted by molar-refractivity contribution is 0.280. The van der Waals surface area contributed by atoms with Crippen LogP contribution in [0.1, 0.15) is 30.0 Å². The summed E-state index contributed by atoms with van der Waals surface area (Å²) in [4.78, 5) is 0. The highest BCUT2D eigenvalue weighted by molar-refractivity contribution is 9.10. The molecule has 0 unspecified atom stereocenters. The predicted molar refractivity (Wildman–Crippen MR) is 69.4 cm³/mol. The third kappa shape index (κ3) is 4.51. The van der Waals surface area contributed by atoms with Crippen LogP contribution < -0.4 is 5.73 Å². The molecule has 0 aliphatic heterocycles. The molecule has 1 rings (SSSR count). The number of nitrogens with two attached hydrogens (primary N) is 1. The first-order valence-electron chi connectivity index (χ1n) is 4.77. The fourth-order valence-corrected chi connectivity index (χ4v) is 2.19. The monoisotopic (exact) mass is 293 g/mol. The predicted octanol–water partition coefficient (Wildman–Crippen LogP) is 2.95. The van der Waals surface area contributed by atoms with Gasteiger partial charge in [-0.1, -0.05) is 28.1 Å². The molecular weight excluding hydrogens is 277 g/mol. The molecular formula is C11H17BrClNO. The van der Waals surface area contributed by atoms with Gasteiger partial charge >= 0.3 is 0 Å². The van der Waals surface area contributed by atoms with Gasteiger partial charge in [-0.2, -0.15) is 0 Å². The van der Waals surface area contributed by atoms with Crippen LogP contribution in [0.3, 0.4) is 0 Å². The summed E-state index contributed by atoms with van der Waals surface area (Å²) in [5.41, 5.74) is 8.32. The van der Waals surface area contributed by atoms with Gasteiger partial charge in [0, 0.05) is 17.1 Å². The summed E-state index contributed by atoms with van der Waals surface area (Å²) in [6, 6.07) is 6.17. The second-order valence-electron chi connectivity index (χ2n) is 3.50. The van der Waals surface area contributed by atoms with Crippen molar-refractivity contribution in [3.63, 3.8) is 0 Å². The van der Waals surface area contributed by atoms with Crippen molar-refractivity contribution in [2.24, 2.45) is 5.73 Å². The molecule has 15 heavy (non-hydrogen) atoms. The van der Waals surface area contributed by atoms with Crippen LogP contribution in [0.5, 0.6) is 0 Å². The molecule has 2 nitrogen and oxygen atoms in total. The molecule has 0 heterocycles. The van der Waals surface area contributed by atoms with Crippen LogP contribution in [0.25, 0.3) is 0 Å². The van der Waals surface area contributed by atoms with Gasteiger partial charge in [-0.05, 0) is 37.0 Å². The van der Waals surface area contributed by atoms with Crippen LogP contribution in [-0.2, 0) is 0 Å². The van der Waals surface area contributed by atoms with Gasteiger partial charge < -0.3 is 10.8 Å². The number of rotatable bonds is 4. The second kappa shape index (κ2) is 7.23. The average molecular weight is 295 g/mol. The number of aryl methyl sites for hydroxylation is 1. The quantitative estimate of drug-likeness (QED) is 0.897. The molecule has 0 radical (unpaired) electrons. The Kier molecular flexibility index (Phi) is 7.18. The third-order valence-electron chi connectivity index (χ3n) is 2.23. The van der Waals surface area contributed by atoms with Crippen molar-refractivity contribution in [3.05, 3.63) is 33.8 Å². The Labute approximate surface area is 105 Å². The van der Waals surface area contributed by atoms with E-state index in [0.29, 0.717) is 0 Å². The van der Waals surface area contributed by atoms with E-state index in [1.165, 1.54) is 5.56 Å². The van der Waals surface area contributed by atoms with Gasteiger partial charge in [0.2, 0.25) is 0 Å². The fraction of sp³-hybridized carbons (Fsp3) is 0.455. The minimum atomic E-state index is 0. The molecule has 0 aromatic heterocycles. The normalized spacial score (nSPS) is 12.0. The van der Waals surface area contributed by atoms with Gasteiger partial charge in [0.25, 0.3) is 0 Å². The summed E-state index contributed by atoms with van der Waals surface area (Å²) >= 11 is 3.50. The van der Waals surface area contributed by atoms with E-state index in [-0.39, 0.29) is 25.1 Å². The first kappa shape index (κ1) is 14.9. The van der Waals surface area contributed by atoms with Crippen LogP contribution >= 0.6 is 28.3 Å². The van der Waals surface area contributed by atoms with Crippen LogP contribution in [0.2, 0.25) is 0 Å². The Balaban J connectivity index is 0.00000196. The number of aliphatic hydroxyl groups excluding tert-OH is 1. The Hall–Kier alpha value is -0.0900. The maximum atomic E-state index is 8.71. The highest BCUT2D eigenvalue weighted by Crippen LogP contribution is 2.25. The first-order chi connectivity index (χ1) is 6.65. The third-order valence-corrected chi connectivity index (χ3v) is 2.92. The zero-order valence-corrected chi connectivity index (χ0v) is 11.1. The minimum Gasteiger partial charge on any atom is -0.396 e. The number of hydrogen-bond acceptors (Lipinski definition) is 2.